The van der Waals surface area contributed by atoms with Crippen molar-refractivity contribution in [3.63, 3.8) is 0 Å². The lowest BCUT2D eigenvalue weighted by molar-refractivity contribution is -0.116. The van der Waals surface area contributed by atoms with Crippen LogP contribution in [0.3, 0.4) is 0 Å². The van der Waals surface area contributed by atoms with Crippen LogP contribution in [-0.4, -0.2) is 15.9 Å². The quantitative estimate of drug-likeness (QED) is 0.695. The van der Waals surface area contributed by atoms with E-state index >= 15 is 0 Å². The fraction of sp³-hybridized carbons (Fsp3) is 0.800. The Labute approximate surface area is 66.1 Å². The van der Waals surface area contributed by atoms with Gasteiger partial charge in [0.15, 0.2) is 0 Å². The molecule has 0 bridgehead atoms. The molecule has 1 nitrogen and oxygen atoms in total. The van der Waals surface area contributed by atoms with Gasteiger partial charge in [-0.05, 0) is 6.92 Å². The average Bonchev–Trinajstić information content (AvgIpc) is 1.65. The molecule has 8 heavy (non-hydrogen) atoms. The van der Waals surface area contributed by atoms with Gasteiger partial charge in [-0.25, -0.2) is 0 Å². The number of hydrogen-bond donors (Lipinski definition) is 0. The van der Waals surface area contributed by atoms with Crippen LogP contribution in [0.4, 0.5) is 0 Å². The molecule has 0 N–H and O–H groups in total. The molecule has 48 valence electrons. The minimum absolute atomic E-state index is 0.228. The third-order valence-electron chi connectivity index (χ3n) is 0.676. The summed E-state index contributed by atoms with van der Waals surface area (Å²) in [5.74, 6) is 0.228. The molecule has 0 rings (SSSR count). The second-order valence-corrected chi connectivity index (χ2v) is 3.60. The van der Waals surface area contributed by atoms with E-state index in [2.05, 4.69) is 31.9 Å². The summed E-state index contributed by atoms with van der Waals surface area (Å²) < 4.78 is 0. The summed E-state index contributed by atoms with van der Waals surface area (Å²) in [7, 11) is 0. The molecule has 0 amide bonds. The van der Waals surface area contributed by atoms with Crippen LogP contribution >= 0.6 is 31.9 Å². The van der Waals surface area contributed by atoms with Crippen LogP contribution in [0.1, 0.15) is 13.3 Å². The zero-order chi connectivity index (χ0) is 6.57. The molecule has 1 unspecified atom stereocenters. The monoisotopic (exact) mass is 242 g/mol. The van der Waals surface area contributed by atoms with Crippen molar-refractivity contribution in [1.29, 1.82) is 0 Å². The predicted molar refractivity (Wildman–Crippen MR) is 41.8 cm³/mol. The van der Waals surface area contributed by atoms with E-state index in [0.29, 0.717) is 11.2 Å². The fourth-order valence-electron chi connectivity index (χ4n) is 0.366. The molecule has 0 spiro atoms. The number of carbonyl (C=O) groups is 1. The van der Waals surface area contributed by atoms with E-state index in [9.17, 15) is 4.79 Å². The Hall–Kier alpha value is 0.630. The Morgan fingerprint density at radius 3 is 2.38 bits per heavy atom. The summed E-state index contributed by atoms with van der Waals surface area (Å²) in [6.07, 6.45) is 0.616. The van der Waals surface area contributed by atoms with Crippen molar-refractivity contribution in [2.45, 2.75) is 18.2 Å². The summed E-state index contributed by atoms with van der Waals surface area (Å²) >= 11 is 6.55. The van der Waals surface area contributed by atoms with E-state index in [1.165, 1.54) is 0 Å². The summed E-state index contributed by atoms with van der Waals surface area (Å²) in [4.78, 5) is 10.7. The van der Waals surface area contributed by atoms with Gasteiger partial charge in [0.05, 0.1) is 0 Å². The maximum absolute atomic E-state index is 10.4. The predicted octanol–water partition coefficient (Wildman–Crippen LogP) is 2.12. The number of rotatable bonds is 3. The molecule has 0 aliphatic carbocycles. The van der Waals surface area contributed by atoms with Gasteiger partial charge in [0.2, 0.25) is 0 Å². The number of halogens is 2. The fourth-order valence-corrected chi connectivity index (χ4v) is 1.05. The molecular weight excluding hydrogens is 236 g/mol. The number of carbonyl (C=O) groups excluding carboxylic acids is 1. The molecule has 0 aromatic heterocycles. The molecule has 0 saturated carbocycles. The summed E-state index contributed by atoms with van der Waals surface area (Å²) in [5, 5.41) is 0.840. The highest BCUT2D eigenvalue weighted by Gasteiger charge is 2.03. The third kappa shape index (κ3) is 4.78. The van der Waals surface area contributed by atoms with Gasteiger partial charge in [0.25, 0.3) is 0 Å². The number of Topliss-reactive ketones (excluding diaryl/α,β-unsaturated/α-hetero) is 1. The van der Waals surface area contributed by atoms with Gasteiger partial charge in [-0.15, -0.1) is 0 Å². The van der Waals surface area contributed by atoms with Gasteiger partial charge in [-0.1, -0.05) is 31.9 Å². The maximum atomic E-state index is 10.4. The highest BCUT2D eigenvalue weighted by molar-refractivity contribution is 9.12. The average molecular weight is 244 g/mol. The van der Waals surface area contributed by atoms with Gasteiger partial charge >= 0.3 is 0 Å². The van der Waals surface area contributed by atoms with Gasteiger partial charge in [-0.2, -0.15) is 0 Å². The molecule has 0 saturated heterocycles. The van der Waals surface area contributed by atoms with Crippen molar-refractivity contribution < 1.29 is 4.79 Å². The Balaban J connectivity index is 3.24. The number of ketones is 1. The van der Waals surface area contributed by atoms with Crippen molar-refractivity contribution >= 4 is 37.6 Å². The van der Waals surface area contributed by atoms with Gasteiger partial charge in [0.1, 0.15) is 5.78 Å². The topological polar surface area (TPSA) is 17.1 Å². The Morgan fingerprint density at radius 2 is 2.25 bits per heavy atom. The molecule has 0 radical (unpaired) electrons. The smallest absolute Gasteiger partial charge is 0.130 e. The van der Waals surface area contributed by atoms with E-state index in [1.807, 2.05) is 0 Å². The molecule has 0 aliphatic heterocycles. The lowest BCUT2D eigenvalue weighted by atomic mass is 10.3. The van der Waals surface area contributed by atoms with E-state index in [4.69, 9.17) is 0 Å². The molecule has 0 fully saturated rings. The lowest BCUT2D eigenvalue weighted by Crippen LogP contribution is -2.04. The zero-order valence-corrected chi connectivity index (χ0v) is 7.83. The van der Waals surface area contributed by atoms with Crippen molar-refractivity contribution in [2.75, 3.05) is 5.33 Å². The second kappa shape index (κ2) is 4.50. The van der Waals surface area contributed by atoms with Gasteiger partial charge < -0.3 is 0 Å². The standard InChI is InChI=1S/C5H8Br2O/c1-4(8)2-5(7)3-6/h5H,2-3H2,1H3. The molecule has 0 aromatic rings. The Morgan fingerprint density at radius 1 is 1.75 bits per heavy atom. The highest BCUT2D eigenvalue weighted by Crippen LogP contribution is 2.07. The van der Waals surface area contributed by atoms with Crippen molar-refractivity contribution in [2.24, 2.45) is 0 Å². The zero-order valence-electron chi connectivity index (χ0n) is 4.66. The largest absolute Gasteiger partial charge is 0.300 e. The van der Waals surface area contributed by atoms with Crippen LogP contribution < -0.4 is 0 Å². The van der Waals surface area contributed by atoms with Crippen LogP contribution in [0.25, 0.3) is 0 Å². The van der Waals surface area contributed by atoms with Crippen LogP contribution in [-0.2, 0) is 4.79 Å². The summed E-state index contributed by atoms with van der Waals surface area (Å²) in [6, 6.07) is 0. The minimum Gasteiger partial charge on any atom is -0.300 e. The summed E-state index contributed by atoms with van der Waals surface area (Å²) in [5.41, 5.74) is 0. The molecule has 0 aromatic carbocycles. The van der Waals surface area contributed by atoms with E-state index in [1.54, 1.807) is 6.92 Å². The van der Waals surface area contributed by atoms with Crippen molar-refractivity contribution in [3.05, 3.63) is 0 Å². The summed E-state index contributed by atoms with van der Waals surface area (Å²) in [6.45, 7) is 1.59. The SMILES string of the molecule is CC(=O)CC(Br)CBr. The maximum Gasteiger partial charge on any atom is 0.130 e. The van der Waals surface area contributed by atoms with Crippen LogP contribution in [0, 0.1) is 0 Å². The Bertz CT molecular complexity index is 82.5. The first-order chi connectivity index (χ1) is 3.66. The van der Waals surface area contributed by atoms with Crippen LogP contribution in [0.5, 0.6) is 0 Å². The first-order valence-corrected chi connectivity index (χ1v) is 4.40. The molecule has 0 aliphatic rings. The van der Waals surface area contributed by atoms with Gasteiger partial charge in [-0.3, -0.25) is 4.79 Å². The Kier molecular flexibility index (Phi) is 4.86. The van der Waals surface area contributed by atoms with E-state index in [0.717, 1.165) is 5.33 Å². The van der Waals surface area contributed by atoms with Crippen molar-refractivity contribution in [3.8, 4) is 0 Å². The minimum atomic E-state index is 0.228. The second-order valence-electron chi connectivity index (χ2n) is 1.66. The van der Waals surface area contributed by atoms with Crippen molar-refractivity contribution in [1.82, 2.24) is 0 Å². The van der Waals surface area contributed by atoms with Crippen LogP contribution in [0.15, 0.2) is 0 Å². The van der Waals surface area contributed by atoms with Gasteiger partial charge in [0, 0.05) is 16.6 Å². The van der Waals surface area contributed by atoms with Crippen LogP contribution in [0.2, 0.25) is 0 Å². The number of alkyl halides is 2. The van der Waals surface area contributed by atoms with E-state index < -0.39 is 0 Å². The molecule has 1 atom stereocenters. The third-order valence-corrected chi connectivity index (χ3v) is 2.97. The van der Waals surface area contributed by atoms with E-state index in [-0.39, 0.29) is 5.78 Å². The lowest BCUT2D eigenvalue weighted by Gasteiger charge is -1.98. The highest BCUT2D eigenvalue weighted by atomic mass is 79.9. The first-order valence-electron chi connectivity index (χ1n) is 2.36. The number of hydrogen-bond acceptors (Lipinski definition) is 1. The molecule has 3 heteroatoms. The normalized spacial score (nSPS) is 13.4. The molecule has 0 heterocycles. The molecular formula is C5H8Br2O. The first kappa shape index (κ1) is 8.63.